The van der Waals surface area contributed by atoms with Crippen LogP contribution in [0.4, 0.5) is 5.69 Å². The Morgan fingerprint density at radius 2 is 1.95 bits per heavy atom. The Labute approximate surface area is 140 Å². The maximum absolute atomic E-state index is 6.31. The zero-order valence-corrected chi connectivity index (χ0v) is 13.7. The van der Waals surface area contributed by atoms with Gasteiger partial charge < -0.3 is 10.1 Å². The molecule has 1 fully saturated rings. The number of aromatic nitrogens is 1. The lowest BCUT2D eigenvalue weighted by molar-refractivity contribution is 0.0699. The van der Waals surface area contributed by atoms with Crippen molar-refractivity contribution in [2.75, 3.05) is 25.1 Å². The fourth-order valence-electron chi connectivity index (χ4n) is 2.64. The summed E-state index contributed by atoms with van der Waals surface area (Å²) in [5, 5.41) is 4.83. The third kappa shape index (κ3) is 3.72. The van der Waals surface area contributed by atoms with Crippen LogP contribution in [0.3, 0.4) is 0 Å². The largest absolute Gasteiger partial charge is 0.384 e. The van der Waals surface area contributed by atoms with Gasteiger partial charge in [-0.25, -0.2) is 0 Å². The minimum atomic E-state index is 0.637. The number of hydrogen-bond donors (Lipinski definition) is 1. The van der Waals surface area contributed by atoms with Gasteiger partial charge in [-0.3, -0.25) is 4.98 Å². The lowest BCUT2D eigenvalue weighted by Gasteiger charge is -2.23. The zero-order valence-electron chi connectivity index (χ0n) is 12.2. The molecular weight excluding hydrogens is 319 g/mol. The summed E-state index contributed by atoms with van der Waals surface area (Å²) in [6.07, 6.45) is 5.59. The van der Waals surface area contributed by atoms with E-state index >= 15 is 0 Å². The molecule has 0 atom stereocenters. The van der Waals surface area contributed by atoms with Crippen LogP contribution in [-0.4, -0.2) is 24.7 Å². The molecule has 0 radical (unpaired) electrons. The first kappa shape index (κ1) is 15.6. The molecule has 0 saturated carbocycles. The van der Waals surface area contributed by atoms with Gasteiger partial charge in [-0.2, -0.15) is 0 Å². The molecule has 5 heteroatoms. The predicted octanol–water partition coefficient (Wildman–Crippen LogP) is 4.89. The van der Waals surface area contributed by atoms with Crippen molar-refractivity contribution < 1.29 is 4.74 Å². The van der Waals surface area contributed by atoms with Gasteiger partial charge in [0.05, 0.1) is 15.7 Å². The van der Waals surface area contributed by atoms with Crippen LogP contribution in [0.25, 0.3) is 11.1 Å². The summed E-state index contributed by atoms with van der Waals surface area (Å²) in [6, 6.07) is 7.83. The van der Waals surface area contributed by atoms with Crippen molar-refractivity contribution in [2.45, 2.75) is 12.8 Å². The van der Waals surface area contributed by atoms with Gasteiger partial charge in [0.15, 0.2) is 0 Å². The van der Waals surface area contributed by atoms with Crippen LogP contribution in [0.2, 0.25) is 10.0 Å². The van der Waals surface area contributed by atoms with Crippen LogP contribution in [-0.2, 0) is 4.74 Å². The summed E-state index contributed by atoms with van der Waals surface area (Å²) in [7, 11) is 0. The molecule has 2 heterocycles. The highest BCUT2D eigenvalue weighted by atomic mass is 35.5. The van der Waals surface area contributed by atoms with Gasteiger partial charge in [-0.1, -0.05) is 29.3 Å². The Bertz CT molecular complexity index is 642. The Balaban J connectivity index is 1.76. The summed E-state index contributed by atoms with van der Waals surface area (Å²) in [5.74, 6) is 0.637. The number of pyridine rings is 1. The summed E-state index contributed by atoms with van der Waals surface area (Å²) in [5.41, 5.74) is 2.94. The first-order valence-corrected chi connectivity index (χ1v) is 8.20. The van der Waals surface area contributed by atoms with Crippen molar-refractivity contribution >= 4 is 28.9 Å². The van der Waals surface area contributed by atoms with Crippen LogP contribution in [0.1, 0.15) is 12.8 Å². The van der Waals surface area contributed by atoms with Crippen LogP contribution in [0.15, 0.2) is 36.7 Å². The molecule has 1 aromatic carbocycles. The number of hydrogen-bond acceptors (Lipinski definition) is 3. The molecule has 1 aliphatic heterocycles. The number of nitrogens with one attached hydrogen (secondary N) is 1. The van der Waals surface area contributed by atoms with Crippen molar-refractivity contribution in [2.24, 2.45) is 5.92 Å². The lowest BCUT2D eigenvalue weighted by Crippen LogP contribution is -2.22. The molecule has 22 heavy (non-hydrogen) atoms. The number of nitrogens with zero attached hydrogens (tertiary/aromatic N) is 1. The van der Waals surface area contributed by atoms with E-state index in [4.69, 9.17) is 27.9 Å². The van der Waals surface area contributed by atoms with Crippen LogP contribution < -0.4 is 5.32 Å². The van der Waals surface area contributed by atoms with E-state index in [1.54, 1.807) is 12.4 Å². The summed E-state index contributed by atoms with van der Waals surface area (Å²) in [4.78, 5) is 4.02. The van der Waals surface area contributed by atoms with E-state index in [9.17, 15) is 0 Å². The van der Waals surface area contributed by atoms with Gasteiger partial charge in [-0.15, -0.1) is 0 Å². The van der Waals surface area contributed by atoms with E-state index in [0.29, 0.717) is 10.9 Å². The average Bonchev–Trinajstić information content (AvgIpc) is 2.56. The molecule has 0 bridgehead atoms. The predicted molar refractivity (Wildman–Crippen MR) is 91.7 cm³/mol. The van der Waals surface area contributed by atoms with Crippen molar-refractivity contribution in [3.05, 3.63) is 46.7 Å². The highest BCUT2D eigenvalue weighted by molar-refractivity contribution is 6.34. The maximum atomic E-state index is 6.31. The van der Waals surface area contributed by atoms with E-state index in [2.05, 4.69) is 10.3 Å². The van der Waals surface area contributed by atoms with Crippen molar-refractivity contribution in [1.29, 1.82) is 0 Å². The van der Waals surface area contributed by atoms with Crippen molar-refractivity contribution in [3.8, 4) is 11.1 Å². The number of benzene rings is 1. The van der Waals surface area contributed by atoms with Gasteiger partial charge >= 0.3 is 0 Å². The zero-order chi connectivity index (χ0) is 15.4. The molecule has 0 spiro atoms. The molecule has 3 nitrogen and oxygen atoms in total. The SMILES string of the molecule is Clc1ccc(-c2ccncc2Cl)cc1NCC1CCOCC1. The topological polar surface area (TPSA) is 34.2 Å². The molecule has 1 aliphatic rings. The number of anilines is 1. The molecule has 3 rings (SSSR count). The molecular formula is C17H18Cl2N2O. The second kappa shape index (κ2) is 7.32. The van der Waals surface area contributed by atoms with E-state index in [0.717, 1.165) is 54.4 Å². The van der Waals surface area contributed by atoms with Crippen LogP contribution in [0, 0.1) is 5.92 Å². The van der Waals surface area contributed by atoms with Gasteiger partial charge in [0.25, 0.3) is 0 Å². The molecule has 0 unspecified atom stereocenters. The Hall–Kier alpha value is -1.29. The molecule has 1 saturated heterocycles. The van der Waals surface area contributed by atoms with Gasteiger partial charge in [0.1, 0.15) is 0 Å². The second-order valence-corrected chi connectivity index (χ2v) is 6.30. The third-order valence-electron chi connectivity index (χ3n) is 3.97. The lowest BCUT2D eigenvalue weighted by atomic mass is 10.00. The first-order chi connectivity index (χ1) is 10.7. The number of ether oxygens (including phenoxy) is 1. The van der Waals surface area contributed by atoms with Gasteiger partial charge in [-0.05, 0) is 42.5 Å². The van der Waals surface area contributed by atoms with Crippen molar-refractivity contribution in [1.82, 2.24) is 4.98 Å². The van der Waals surface area contributed by atoms with Crippen LogP contribution in [0.5, 0.6) is 0 Å². The van der Waals surface area contributed by atoms with E-state index in [1.807, 2.05) is 24.3 Å². The molecule has 2 aromatic rings. The first-order valence-electron chi connectivity index (χ1n) is 7.45. The fourth-order valence-corrected chi connectivity index (χ4v) is 3.06. The fraction of sp³-hybridized carbons (Fsp3) is 0.353. The van der Waals surface area contributed by atoms with Crippen LogP contribution >= 0.6 is 23.2 Å². The summed E-state index contributed by atoms with van der Waals surface area (Å²) < 4.78 is 5.39. The number of rotatable bonds is 4. The standard InChI is InChI=1S/C17H18Cl2N2O/c18-15-2-1-13(14-3-6-20-11-16(14)19)9-17(15)21-10-12-4-7-22-8-5-12/h1-3,6,9,11-12,21H,4-5,7-8,10H2. The second-order valence-electron chi connectivity index (χ2n) is 5.49. The normalized spacial score (nSPS) is 15.7. The molecule has 116 valence electrons. The monoisotopic (exact) mass is 336 g/mol. The third-order valence-corrected chi connectivity index (χ3v) is 4.60. The van der Waals surface area contributed by atoms with Gasteiger partial charge in [0, 0.05) is 37.7 Å². The Morgan fingerprint density at radius 3 is 2.73 bits per heavy atom. The van der Waals surface area contributed by atoms with Gasteiger partial charge in [0.2, 0.25) is 0 Å². The van der Waals surface area contributed by atoms with E-state index in [-0.39, 0.29) is 0 Å². The average molecular weight is 337 g/mol. The van der Waals surface area contributed by atoms with Crippen molar-refractivity contribution in [3.63, 3.8) is 0 Å². The molecule has 1 N–H and O–H groups in total. The van der Waals surface area contributed by atoms with E-state index in [1.165, 1.54) is 0 Å². The van der Waals surface area contributed by atoms with E-state index < -0.39 is 0 Å². The highest BCUT2D eigenvalue weighted by Gasteiger charge is 2.14. The minimum absolute atomic E-state index is 0.637. The summed E-state index contributed by atoms with van der Waals surface area (Å²) in [6.45, 7) is 2.62. The molecule has 0 aliphatic carbocycles. The minimum Gasteiger partial charge on any atom is -0.384 e. The Kier molecular flexibility index (Phi) is 5.19. The Morgan fingerprint density at radius 1 is 1.14 bits per heavy atom. The maximum Gasteiger partial charge on any atom is 0.0667 e. The summed E-state index contributed by atoms with van der Waals surface area (Å²) >= 11 is 12.5. The smallest absolute Gasteiger partial charge is 0.0667 e. The quantitative estimate of drug-likeness (QED) is 0.862. The molecule has 0 amide bonds. The molecule has 1 aromatic heterocycles. The highest BCUT2D eigenvalue weighted by Crippen LogP contribution is 2.32. The number of halogens is 2.